The summed E-state index contributed by atoms with van der Waals surface area (Å²) < 4.78 is 49.1. The van der Waals surface area contributed by atoms with Gasteiger partial charge >= 0.3 is 6.09 Å². The third kappa shape index (κ3) is 4.06. The zero-order chi connectivity index (χ0) is 21.3. The van der Waals surface area contributed by atoms with Crippen LogP contribution in [-0.2, 0) is 20.0 Å². The maximum atomic E-state index is 13.6. The maximum absolute atomic E-state index is 13.6. The average molecular weight is 438 g/mol. The number of sulfone groups is 1. The van der Waals surface area contributed by atoms with Crippen molar-refractivity contribution in [2.45, 2.75) is 55.1 Å². The molecule has 0 radical (unpaired) electrons. The largest absolute Gasteiger partial charge is 0.503 e. The molecule has 0 unspecified atom stereocenters. The Morgan fingerprint density at radius 2 is 1.96 bits per heavy atom. The topological polar surface area (TPSA) is 116 Å². The van der Waals surface area contributed by atoms with Crippen LogP contribution in [0.3, 0.4) is 0 Å². The highest BCUT2D eigenvalue weighted by molar-refractivity contribution is 7.93. The molecule has 2 rings (SSSR count). The molecule has 0 saturated carbocycles. The third-order valence-corrected chi connectivity index (χ3v) is 8.16. The van der Waals surface area contributed by atoms with Crippen LogP contribution >= 0.6 is 11.6 Å². The predicted molar refractivity (Wildman–Crippen MR) is 103 cm³/mol. The maximum Gasteiger partial charge on any atom is 0.410 e. The van der Waals surface area contributed by atoms with Crippen molar-refractivity contribution in [3.8, 4) is 11.5 Å². The predicted octanol–water partition coefficient (Wildman–Crippen LogP) is 3.48. The fraction of sp³-hybridized carbons (Fsp3) is 0.611. The second-order valence-corrected chi connectivity index (χ2v) is 10.5. The Hall–Kier alpha value is -1.58. The van der Waals surface area contributed by atoms with Gasteiger partial charge in [-0.2, -0.15) is 0 Å². The van der Waals surface area contributed by atoms with Gasteiger partial charge in [-0.1, -0.05) is 32.4 Å². The minimum atomic E-state index is -4.32. The Labute approximate surface area is 168 Å². The fourth-order valence-electron chi connectivity index (χ4n) is 3.36. The van der Waals surface area contributed by atoms with Gasteiger partial charge in [0.1, 0.15) is 4.90 Å². The summed E-state index contributed by atoms with van der Waals surface area (Å²) in [6.07, 6.45) is -1.37. The van der Waals surface area contributed by atoms with E-state index in [9.17, 15) is 22.7 Å². The number of nitrogens with two attached hydrogens (primary N) is 1. The number of hydrogen-bond acceptors (Lipinski definition) is 6. The zero-order valence-corrected chi connectivity index (χ0v) is 17.6. The molecule has 1 aromatic rings. The summed E-state index contributed by atoms with van der Waals surface area (Å²) in [6, 6.07) is 1.28. The van der Waals surface area contributed by atoms with Gasteiger partial charge < -0.3 is 20.3 Å². The van der Waals surface area contributed by atoms with Gasteiger partial charge in [-0.25, -0.2) is 13.2 Å². The van der Waals surface area contributed by atoms with Gasteiger partial charge in [-0.15, -0.1) is 0 Å². The van der Waals surface area contributed by atoms with Crippen LogP contribution in [-0.4, -0.2) is 44.3 Å². The number of benzene rings is 1. The van der Waals surface area contributed by atoms with E-state index < -0.39 is 49.2 Å². The van der Waals surface area contributed by atoms with Crippen molar-refractivity contribution >= 4 is 27.5 Å². The number of rotatable bonds is 5. The first-order valence-corrected chi connectivity index (χ1v) is 10.6. The third-order valence-electron chi connectivity index (χ3n) is 4.97. The van der Waals surface area contributed by atoms with Crippen LogP contribution in [0.25, 0.3) is 0 Å². The van der Waals surface area contributed by atoms with Gasteiger partial charge in [-0.05, 0) is 36.3 Å². The summed E-state index contributed by atoms with van der Waals surface area (Å²) >= 11 is 6.44. The highest BCUT2D eigenvalue weighted by Gasteiger charge is 2.48. The van der Waals surface area contributed by atoms with E-state index in [2.05, 4.69) is 0 Å². The van der Waals surface area contributed by atoms with Crippen molar-refractivity contribution in [2.75, 3.05) is 19.9 Å². The molecule has 1 amide bonds. The van der Waals surface area contributed by atoms with E-state index in [-0.39, 0.29) is 37.5 Å². The lowest BCUT2D eigenvalue weighted by molar-refractivity contribution is 0.0704. The summed E-state index contributed by atoms with van der Waals surface area (Å²) in [5, 5.41) is 10.4. The molecule has 0 aliphatic carbocycles. The number of phenolic OH excluding ortho intramolecular Hbond substituents is 1. The van der Waals surface area contributed by atoms with Crippen LogP contribution in [0.4, 0.5) is 9.18 Å². The normalized spacial score (nSPS) is 17.3. The van der Waals surface area contributed by atoms with Gasteiger partial charge in [0.25, 0.3) is 0 Å². The molecule has 158 valence electrons. The van der Waals surface area contributed by atoms with Crippen molar-refractivity contribution in [1.29, 1.82) is 0 Å². The summed E-state index contributed by atoms with van der Waals surface area (Å²) in [5.74, 6) is -1.23. The van der Waals surface area contributed by atoms with Gasteiger partial charge in [-0.3, -0.25) is 4.39 Å². The van der Waals surface area contributed by atoms with Crippen LogP contribution in [0, 0.1) is 0 Å². The number of carbonyl (C=O) groups excluding carboxylic acids is 1. The molecule has 0 atom stereocenters. The molecular formula is C18H25ClFNO6S. The van der Waals surface area contributed by atoms with E-state index in [4.69, 9.17) is 26.8 Å². The van der Waals surface area contributed by atoms with Crippen LogP contribution in [0.5, 0.6) is 11.5 Å². The molecule has 0 bridgehead atoms. The first-order chi connectivity index (χ1) is 12.9. The Morgan fingerprint density at radius 1 is 1.39 bits per heavy atom. The van der Waals surface area contributed by atoms with Crippen molar-refractivity contribution in [1.82, 2.24) is 0 Å². The minimum absolute atomic E-state index is 0.0563. The number of alkyl halides is 1. The number of aromatic hydroxyl groups is 1. The first kappa shape index (κ1) is 22.7. The molecule has 1 aliphatic heterocycles. The van der Waals surface area contributed by atoms with E-state index in [0.29, 0.717) is 5.56 Å². The minimum Gasteiger partial charge on any atom is -0.503 e. The standard InChI is InChI=1S/C18H25ClFNO6S/c1-17(2,3)11-10-12(27-16(21)23)14(22)15(13(11)19)28(24,25)18(4-7-20)5-8-26-9-6-18/h10,22H,4-9H2,1-3H3,(H2,21,23). The lowest BCUT2D eigenvalue weighted by atomic mass is 9.87. The number of ether oxygens (including phenoxy) is 2. The van der Waals surface area contributed by atoms with E-state index in [1.807, 2.05) is 0 Å². The Kier molecular flexibility index (Phi) is 6.52. The number of hydrogen-bond donors (Lipinski definition) is 2. The van der Waals surface area contributed by atoms with Gasteiger partial charge in [0.2, 0.25) is 0 Å². The second-order valence-electron chi connectivity index (χ2n) is 7.82. The number of primary amides is 1. The molecular weight excluding hydrogens is 413 g/mol. The lowest BCUT2D eigenvalue weighted by Gasteiger charge is -2.37. The molecule has 3 N–H and O–H groups in total. The van der Waals surface area contributed by atoms with Crippen LogP contribution in [0.2, 0.25) is 5.02 Å². The molecule has 1 aromatic carbocycles. The monoisotopic (exact) mass is 437 g/mol. The van der Waals surface area contributed by atoms with Crippen molar-refractivity contribution < 1.29 is 32.2 Å². The first-order valence-electron chi connectivity index (χ1n) is 8.79. The Morgan fingerprint density at radius 3 is 2.43 bits per heavy atom. The Balaban J connectivity index is 2.82. The number of amides is 1. The van der Waals surface area contributed by atoms with Crippen LogP contribution in [0.1, 0.15) is 45.6 Å². The molecule has 1 aliphatic rings. The van der Waals surface area contributed by atoms with Gasteiger partial charge in [0.05, 0.1) is 16.4 Å². The quantitative estimate of drug-likeness (QED) is 0.728. The molecule has 1 fully saturated rings. The zero-order valence-electron chi connectivity index (χ0n) is 16.0. The van der Waals surface area contributed by atoms with Crippen LogP contribution in [0.15, 0.2) is 11.0 Å². The molecule has 1 saturated heterocycles. The molecule has 1 heterocycles. The SMILES string of the molecule is CC(C)(C)c1cc(OC(N)=O)c(O)c(S(=O)(=O)C2(CCF)CCOCC2)c1Cl. The number of phenols is 1. The highest BCUT2D eigenvalue weighted by atomic mass is 35.5. The van der Waals surface area contributed by atoms with E-state index in [1.54, 1.807) is 20.8 Å². The van der Waals surface area contributed by atoms with E-state index in [0.717, 1.165) is 0 Å². The summed E-state index contributed by atoms with van der Waals surface area (Å²) in [7, 11) is -4.32. The van der Waals surface area contributed by atoms with E-state index >= 15 is 0 Å². The molecule has 0 aromatic heterocycles. The average Bonchev–Trinajstić information content (AvgIpc) is 2.57. The summed E-state index contributed by atoms with van der Waals surface area (Å²) in [4.78, 5) is 10.7. The highest BCUT2D eigenvalue weighted by Crippen LogP contribution is 2.49. The van der Waals surface area contributed by atoms with Crippen LogP contribution < -0.4 is 10.5 Å². The number of halogens is 2. The van der Waals surface area contributed by atoms with Crippen molar-refractivity contribution in [2.24, 2.45) is 5.73 Å². The van der Waals surface area contributed by atoms with Crippen molar-refractivity contribution in [3.05, 3.63) is 16.7 Å². The van der Waals surface area contributed by atoms with E-state index in [1.165, 1.54) is 6.07 Å². The molecule has 28 heavy (non-hydrogen) atoms. The summed E-state index contributed by atoms with van der Waals surface area (Å²) in [6.45, 7) is 4.76. The molecule has 0 spiro atoms. The van der Waals surface area contributed by atoms with Gasteiger partial charge in [0.15, 0.2) is 21.3 Å². The second kappa shape index (κ2) is 8.04. The fourth-order valence-corrected chi connectivity index (χ4v) is 6.28. The van der Waals surface area contributed by atoms with Crippen molar-refractivity contribution in [3.63, 3.8) is 0 Å². The molecule has 7 nitrogen and oxygen atoms in total. The smallest absolute Gasteiger partial charge is 0.410 e. The number of carbonyl (C=O) groups is 1. The van der Waals surface area contributed by atoms with Gasteiger partial charge in [0, 0.05) is 13.2 Å². The molecule has 10 heteroatoms. The lowest BCUT2D eigenvalue weighted by Crippen LogP contribution is -2.44. The Bertz CT molecular complexity index is 854. The summed E-state index contributed by atoms with van der Waals surface area (Å²) in [5.41, 5.74) is 4.74.